The number of ether oxygens (including phenoxy) is 1. The Morgan fingerprint density at radius 2 is 1.83 bits per heavy atom. The summed E-state index contributed by atoms with van der Waals surface area (Å²) in [5.74, 6) is 0.635. The number of rotatable bonds is 9. The lowest BCUT2D eigenvalue weighted by Crippen LogP contribution is -2.00. The van der Waals surface area contributed by atoms with E-state index in [0.717, 1.165) is 24.7 Å². The maximum Gasteiger partial charge on any atom is 0.293 e. The summed E-state index contributed by atoms with van der Waals surface area (Å²) in [6.45, 7) is 7.48. The van der Waals surface area contributed by atoms with Crippen LogP contribution in [0.25, 0.3) is 6.08 Å². The Bertz CT molecular complexity index is 471. The first-order valence-electron chi connectivity index (χ1n) is 7.95. The van der Waals surface area contributed by atoms with Gasteiger partial charge in [-0.3, -0.25) is 9.59 Å². The maximum absolute atomic E-state index is 9.89. The second kappa shape index (κ2) is 14.8. The molecule has 0 saturated carbocycles. The van der Waals surface area contributed by atoms with Gasteiger partial charge in [0.2, 0.25) is 0 Å². The number of benzene rings is 1. The first-order valence-corrected chi connectivity index (χ1v) is 7.95. The summed E-state index contributed by atoms with van der Waals surface area (Å²) in [5, 5.41) is 0. The molecule has 126 valence electrons. The molecule has 3 nitrogen and oxygen atoms in total. The van der Waals surface area contributed by atoms with Crippen molar-refractivity contribution in [1.29, 1.82) is 0 Å². The van der Waals surface area contributed by atoms with Gasteiger partial charge in [-0.1, -0.05) is 55.0 Å². The topological polar surface area (TPSA) is 43.4 Å². The van der Waals surface area contributed by atoms with E-state index in [1.54, 1.807) is 6.08 Å². The van der Waals surface area contributed by atoms with Crippen LogP contribution in [0, 0.1) is 5.92 Å². The minimum absolute atomic E-state index is 0.517. The molecule has 1 rings (SSSR count). The lowest BCUT2D eigenvalue weighted by molar-refractivity contribution is -0.129. The fourth-order valence-electron chi connectivity index (χ4n) is 1.83. The molecule has 0 amide bonds. The molecule has 0 aliphatic carbocycles. The van der Waals surface area contributed by atoms with Gasteiger partial charge in [0.25, 0.3) is 6.47 Å². The van der Waals surface area contributed by atoms with Crippen LogP contribution in [0.2, 0.25) is 0 Å². The van der Waals surface area contributed by atoms with Crippen LogP contribution in [0.3, 0.4) is 0 Å². The number of carbonyl (C=O) groups excluding carboxylic acids is 2. The Morgan fingerprint density at radius 1 is 1.13 bits per heavy atom. The van der Waals surface area contributed by atoms with Crippen LogP contribution in [0.15, 0.2) is 48.1 Å². The van der Waals surface area contributed by atoms with Crippen molar-refractivity contribution in [3.05, 3.63) is 53.6 Å². The van der Waals surface area contributed by atoms with E-state index < -0.39 is 0 Å². The lowest BCUT2D eigenvalue weighted by Gasteiger charge is -2.08. The average Bonchev–Trinajstić information content (AvgIpc) is 2.54. The predicted octanol–water partition coefficient (Wildman–Crippen LogP) is 4.83. The van der Waals surface area contributed by atoms with Crippen LogP contribution >= 0.6 is 0 Å². The predicted molar refractivity (Wildman–Crippen MR) is 96.0 cm³/mol. The molecule has 23 heavy (non-hydrogen) atoms. The first kappa shape index (κ1) is 20.8. The van der Waals surface area contributed by atoms with Gasteiger partial charge < -0.3 is 4.74 Å². The van der Waals surface area contributed by atoms with Crippen molar-refractivity contribution in [3.8, 4) is 0 Å². The van der Waals surface area contributed by atoms with E-state index in [4.69, 9.17) is 0 Å². The van der Waals surface area contributed by atoms with Crippen molar-refractivity contribution in [3.63, 3.8) is 0 Å². The summed E-state index contributed by atoms with van der Waals surface area (Å²) in [4.78, 5) is 19.7. The van der Waals surface area contributed by atoms with E-state index in [1.807, 2.05) is 30.3 Å². The van der Waals surface area contributed by atoms with Gasteiger partial charge in [-0.15, -0.1) is 0 Å². The Hall–Kier alpha value is -2.16. The van der Waals surface area contributed by atoms with Crippen LogP contribution in [0.1, 0.15) is 45.6 Å². The molecule has 0 bridgehead atoms. The molecule has 0 spiro atoms. The molecule has 3 heteroatoms. The molecule has 0 radical (unpaired) electrons. The lowest BCUT2D eigenvalue weighted by atomic mass is 10.0. The van der Waals surface area contributed by atoms with Crippen LogP contribution in [-0.4, -0.2) is 19.4 Å². The van der Waals surface area contributed by atoms with Gasteiger partial charge >= 0.3 is 0 Å². The molecule has 0 aromatic heterocycles. The molecule has 1 atom stereocenters. The summed E-state index contributed by atoms with van der Waals surface area (Å²) in [7, 11) is 0. The van der Waals surface area contributed by atoms with Gasteiger partial charge in [0.05, 0.1) is 6.61 Å². The van der Waals surface area contributed by atoms with Crippen molar-refractivity contribution < 1.29 is 14.3 Å². The van der Waals surface area contributed by atoms with Crippen LogP contribution < -0.4 is 0 Å². The molecule has 0 aliphatic heterocycles. The van der Waals surface area contributed by atoms with E-state index in [0.29, 0.717) is 19.0 Å². The zero-order valence-corrected chi connectivity index (χ0v) is 14.4. The molecule has 0 heterocycles. The summed E-state index contributed by atoms with van der Waals surface area (Å²) in [5.41, 5.74) is 2.42. The van der Waals surface area contributed by atoms with Gasteiger partial charge in [-0.05, 0) is 50.7 Å². The van der Waals surface area contributed by atoms with Crippen LogP contribution in [0.4, 0.5) is 0 Å². The minimum Gasteiger partial charge on any atom is -0.468 e. The number of hydrogen-bond acceptors (Lipinski definition) is 3. The van der Waals surface area contributed by atoms with Crippen molar-refractivity contribution >= 4 is 18.8 Å². The van der Waals surface area contributed by atoms with Gasteiger partial charge in [0.1, 0.15) is 6.29 Å². The second-order valence-electron chi connectivity index (χ2n) is 5.63. The summed E-state index contributed by atoms with van der Waals surface area (Å²) >= 11 is 0. The van der Waals surface area contributed by atoms with Crippen molar-refractivity contribution in [2.45, 2.75) is 40.0 Å². The summed E-state index contributed by atoms with van der Waals surface area (Å²) in [6, 6.07) is 9.70. The molecule has 0 aliphatic rings. The second-order valence-corrected chi connectivity index (χ2v) is 5.63. The highest BCUT2D eigenvalue weighted by molar-refractivity contribution is 5.73. The molecule has 1 unspecified atom stereocenters. The van der Waals surface area contributed by atoms with Gasteiger partial charge in [-0.25, -0.2) is 0 Å². The van der Waals surface area contributed by atoms with Crippen molar-refractivity contribution in [2.24, 2.45) is 5.92 Å². The normalized spacial score (nSPS) is 11.1. The number of allylic oxidation sites excluding steroid dienone is 3. The fourth-order valence-corrected chi connectivity index (χ4v) is 1.83. The van der Waals surface area contributed by atoms with E-state index >= 15 is 0 Å². The Kier molecular flexibility index (Phi) is 13.4. The average molecular weight is 316 g/mol. The fraction of sp³-hybridized carbons (Fsp3) is 0.400. The Morgan fingerprint density at radius 3 is 2.39 bits per heavy atom. The van der Waals surface area contributed by atoms with Crippen molar-refractivity contribution in [2.75, 3.05) is 6.61 Å². The highest BCUT2D eigenvalue weighted by Crippen LogP contribution is 2.11. The Labute approximate surface area is 140 Å². The standard InChI is InChI=1S/C11H20O2.C9H8O/c1-10(2)5-4-6-11(3)7-8-13-9-12;10-8-4-7-9-5-2-1-3-6-9/h5,9,11H,4,6-8H2,1-3H3;1-8H. The van der Waals surface area contributed by atoms with E-state index in [9.17, 15) is 9.59 Å². The minimum atomic E-state index is 0.517. The molecule has 0 N–H and O–H groups in total. The van der Waals surface area contributed by atoms with E-state index in [-0.39, 0.29) is 0 Å². The van der Waals surface area contributed by atoms with Gasteiger partial charge in [-0.2, -0.15) is 0 Å². The number of hydrogen-bond donors (Lipinski definition) is 0. The summed E-state index contributed by atoms with van der Waals surface area (Å²) in [6.07, 6.45) is 9.54. The quantitative estimate of drug-likeness (QED) is 0.284. The van der Waals surface area contributed by atoms with Crippen molar-refractivity contribution in [1.82, 2.24) is 0 Å². The van der Waals surface area contributed by atoms with E-state index in [1.165, 1.54) is 18.1 Å². The van der Waals surface area contributed by atoms with Crippen LogP contribution in [0.5, 0.6) is 0 Å². The largest absolute Gasteiger partial charge is 0.468 e. The molecular formula is C20H28O3. The third-order valence-corrected chi connectivity index (χ3v) is 3.18. The third kappa shape index (κ3) is 14.5. The molecule has 1 aromatic carbocycles. The maximum atomic E-state index is 9.89. The zero-order valence-electron chi connectivity index (χ0n) is 14.4. The first-order chi connectivity index (χ1) is 11.1. The molecular weight excluding hydrogens is 288 g/mol. The highest BCUT2D eigenvalue weighted by atomic mass is 16.5. The molecule has 0 fully saturated rings. The SMILES string of the molecule is CC(C)=CCCC(C)CCOC=O.O=CC=Cc1ccccc1. The Balaban J connectivity index is 0.000000433. The monoisotopic (exact) mass is 316 g/mol. The number of aldehydes is 1. The summed E-state index contributed by atoms with van der Waals surface area (Å²) < 4.78 is 4.64. The molecule has 0 saturated heterocycles. The zero-order chi connectivity index (χ0) is 17.3. The highest BCUT2D eigenvalue weighted by Gasteiger charge is 2.00. The van der Waals surface area contributed by atoms with Crippen LogP contribution in [-0.2, 0) is 14.3 Å². The molecule has 1 aromatic rings. The number of carbonyl (C=O) groups is 2. The smallest absolute Gasteiger partial charge is 0.293 e. The van der Waals surface area contributed by atoms with Gasteiger partial charge in [0, 0.05) is 0 Å². The van der Waals surface area contributed by atoms with Gasteiger partial charge in [0.15, 0.2) is 0 Å². The third-order valence-electron chi connectivity index (χ3n) is 3.18. The van der Waals surface area contributed by atoms with E-state index in [2.05, 4.69) is 31.6 Å².